The molecule has 1 fully saturated rings. The van der Waals surface area contributed by atoms with Gasteiger partial charge in [0.25, 0.3) is 0 Å². The lowest BCUT2D eigenvalue weighted by atomic mass is 9.79. The van der Waals surface area contributed by atoms with Crippen LogP contribution in [0.1, 0.15) is 0 Å². The summed E-state index contributed by atoms with van der Waals surface area (Å²) in [6, 6.07) is 0. The van der Waals surface area contributed by atoms with E-state index in [0.717, 1.165) is 12.3 Å². The number of aliphatic carboxylic acids is 2. The molecule has 3 aliphatic rings. The van der Waals surface area contributed by atoms with Crippen LogP contribution < -0.4 is 0 Å². The first-order chi connectivity index (χ1) is 13.1. The van der Waals surface area contributed by atoms with Crippen LogP contribution >= 0.6 is 0 Å². The first-order valence-electron chi connectivity index (χ1n) is 8.31. The second-order valence-corrected chi connectivity index (χ2v) is 6.76. The Balaban J connectivity index is 1.88. The minimum Gasteiger partial charge on any atom is -0.479 e. The van der Waals surface area contributed by atoms with E-state index in [0.29, 0.717) is 0 Å². The third-order valence-electron chi connectivity index (χ3n) is 5.14. The molecule has 7 N–H and O–H groups in total. The number of rotatable bonds is 5. The lowest BCUT2D eigenvalue weighted by Crippen LogP contribution is -2.61. The summed E-state index contributed by atoms with van der Waals surface area (Å²) in [7, 11) is 0. The molecule has 0 amide bonds. The van der Waals surface area contributed by atoms with Crippen LogP contribution in [0.4, 0.5) is 0 Å². The Hall–Kier alpha value is -2.06. The summed E-state index contributed by atoms with van der Waals surface area (Å²) in [4.78, 5) is 23.0. The normalized spacial score (nSPS) is 45.1. The maximum atomic E-state index is 11.6. The molecule has 12 nitrogen and oxygen atoms in total. The highest BCUT2D eigenvalue weighted by atomic mass is 16.8. The third kappa shape index (κ3) is 3.18. The van der Waals surface area contributed by atoms with E-state index in [9.17, 15) is 45.3 Å². The number of allylic oxidation sites excluding steroid dienone is 1. The zero-order valence-corrected chi connectivity index (χ0v) is 14.2. The number of aliphatic hydroxyl groups excluding tert-OH is 4. The molecule has 9 atom stereocenters. The van der Waals surface area contributed by atoms with Crippen LogP contribution in [0.2, 0.25) is 0 Å². The van der Waals surface area contributed by atoms with Crippen LogP contribution in [0, 0.1) is 11.8 Å². The van der Waals surface area contributed by atoms with Crippen molar-refractivity contribution in [3.8, 4) is 0 Å². The summed E-state index contributed by atoms with van der Waals surface area (Å²) in [6.45, 7) is -0.716. The highest BCUT2D eigenvalue weighted by Crippen LogP contribution is 2.45. The average molecular weight is 404 g/mol. The van der Waals surface area contributed by atoms with Gasteiger partial charge in [0, 0.05) is 5.92 Å². The Morgan fingerprint density at radius 1 is 1.11 bits per heavy atom. The summed E-state index contributed by atoms with van der Waals surface area (Å²) >= 11 is 0. The van der Waals surface area contributed by atoms with Crippen LogP contribution in [0.5, 0.6) is 0 Å². The molecule has 28 heavy (non-hydrogen) atoms. The lowest BCUT2D eigenvalue weighted by molar-refractivity contribution is -0.345. The van der Waals surface area contributed by atoms with Gasteiger partial charge in [0.15, 0.2) is 11.9 Å². The van der Waals surface area contributed by atoms with Crippen molar-refractivity contribution in [3.63, 3.8) is 0 Å². The van der Waals surface area contributed by atoms with Gasteiger partial charge in [-0.25, -0.2) is 9.59 Å². The van der Waals surface area contributed by atoms with E-state index in [1.165, 1.54) is 6.08 Å². The number of hydrogen-bond acceptors (Lipinski definition) is 10. The van der Waals surface area contributed by atoms with E-state index < -0.39 is 73.0 Å². The number of fused-ring (bicyclic) bond motifs is 1. The lowest BCUT2D eigenvalue weighted by Gasteiger charge is -2.43. The van der Waals surface area contributed by atoms with E-state index in [1.807, 2.05) is 0 Å². The van der Waals surface area contributed by atoms with Gasteiger partial charge >= 0.3 is 11.9 Å². The van der Waals surface area contributed by atoms with Gasteiger partial charge in [-0.2, -0.15) is 0 Å². The Labute approximate surface area is 157 Å². The van der Waals surface area contributed by atoms with Gasteiger partial charge in [0.2, 0.25) is 6.29 Å². The molecular formula is C16H20O12. The maximum Gasteiger partial charge on any atom is 0.340 e. The highest BCUT2D eigenvalue weighted by molar-refractivity contribution is 5.89. The first-order valence-corrected chi connectivity index (χ1v) is 8.31. The molecule has 2 unspecified atom stereocenters. The van der Waals surface area contributed by atoms with Crippen LogP contribution in [-0.2, 0) is 23.8 Å². The van der Waals surface area contributed by atoms with Gasteiger partial charge in [-0.15, -0.1) is 0 Å². The fourth-order valence-electron chi connectivity index (χ4n) is 3.57. The van der Waals surface area contributed by atoms with Crippen LogP contribution in [-0.4, -0.2) is 96.9 Å². The largest absolute Gasteiger partial charge is 0.479 e. The van der Waals surface area contributed by atoms with Crippen molar-refractivity contribution in [2.75, 3.05) is 6.61 Å². The van der Waals surface area contributed by atoms with Crippen molar-refractivity contribution in [2.45, 2.75) is 42.6 Å². The Morgan fingerprint density at radius 3 is 2.36 bits per heavy atom. The molecule has 1 aliphatic carbocycles. The Kier molecular flexibility index (Phi) is 5.46. The predicted molar refractivity (Wildman–Crippen MR) is 84.1 cm³/mol. The number of aliphatic hydroxyl groups is 5. The zero-order valence-electron chi connectivity index (χ0n) is 14.2. The fraction of sp³-hybridized carbons (Fsp3) is 0.625. The number of carboxylic acid groups (broad SMARTS) is 2. The zero-order chi connectivity index (χ0) is 20.8. The van der Waals surface area contributed by atoms with Crippen LogP contribution in [0.25, 0.3) is 0 Å². The van der Waals surface area contributed by atoms with Crippen LogP contribution in [0.15, 0.2) is 24.0 Å². The monoisotopic (exact) mass is 404 g/mol. The van der Waals surface area contributed by atoms with Crippen molar-refractivity contribution in [1.82, 2.24) is 0 Å². The molecule has 0 spiro atoms. The van der Waals surface area contributed by atoms with Gasteiger partial charge in [-0.1, -0.05) is 6.08 Å². The molecule has 1 saturated heterocycles. The molecule has 0 aromatic rings. The molecule has 3 rings (SSSR count). The number of carbonyl (C=O) groups is 2. The van der Waals surface area contributed by atoms with Crippen molar-refractivity contribution in [1.29, 1.82) is 0 Å². The van der Waals surface area contributed by atoms with E-state index >= 15 is 0 Å². The maximum absolute atomic E-state index is 11.6. The molecular weight excluding hydrogens is 384 g/mol. The van der Waals surface area contributed by atoms with Gasteiger partial charge in [0.1, 0.15) is 24.4 Å². The van der Waals surface area contributed by atoms with Gasteiger partial charge in [0.05, 0.1) is 24.4 Å². The standard InChI is InChI=1S/C16H20O12/c17-3-7-9(18)10(19)11(20)14(27-7)28-13-8-5(6(4-26-13)12(21)22)1-2-16(8,25)15(23)24/h1-2,4-5,7-11,13-14,17-20,25H,3H2,(H,21,22)(H,23,24)/t5?,7-,8?,9-,10+,11-,13+,14+,16+/m1/s1. The van der Waals surface area contributed by atoms with Gasteiger partial charge in [-0.05, 0) is 6.08 Å². The molecule has 2 heterocycles. The van der Waals surface area contributed by atoms with Crippen molar-refractivity contribution >= 4 is 11.9 Å². The number of hydrogen-bond donors (Lipinski definition) is 7. The van der Waals surface area contributed by atoms with Crippen molar-refractivity contribution in [3.05, 3.63) is 24.0 Å². The topological polar surface area (TPSA) is 203 Å². The smallest absolute Gasteiger partial charge is 0.340 e. The second kappa shape index (κ2) is 7.40. The van der Waals surface area contributed by atoms with Gasteiger partial charge in [-0.3, -0.25) is 0 Å². The Bertz CT molecular complexity index is 702. The number of carboxylic acids is 2. The van der Waals surface area contributed by atoms with Crippen molar-refractivity contribution in [2.24, 2.45) is 11.8 Å². The first kappa shape index (κ1) is 20.7. The van der Waals surface area contributed by atoms with E-state index in [1.54, 1.807) is 0 Å². The molecule has 0 bridgehead atoms. The van der Waals surface area contributed by atoms with E-state index in [2.05, 4.69) is 0 Å². The predicted octanol–water partition coefficient (Wildman–Crippen LogP) is -3.25. The molecule has 0 aromatic carbocycles. The fourth-order valence-corrected chi connectivity index (χ4v) is 3.57. The minimum atomic E-state index is -2.53. The summed E-state index contributed by atoms with van der Waals surface area (Å²) in [5, 5.41) is 68.1. The van der Waals surface area contributed by atoms with E-state index in [4.69, 9.17) is 14.2 Å². The summed E-state index contributed by atoms with van der Waals surface area (Å²) < 4.78 is 15.8. The third-order valence-corrected chi connectivity index (χ3v) is 5.14. The van der Waals surface area contributed by atoms with E-state index in [-0.39, 0.29) is 5.57 Å². The molecule has 2 aliphatic heterocycles. The molecule has 0 saturated carbocycles. The average Bonchev–Trinajstić information content (AvgIpc) is 3.01. The number of ether oxygens (including phenoxy) is 3. The molecule has 156 valence electrons. The Morgan fingerprint density at radius 2 is 1.79 bits per heavy atom. The second-order valence-electron chi connectivity index (χ2n) is 6.76. The summed E-state index contributed by atoms with van der Waals surface area (Å²) in [5.41, 5.74) is -2.84. The summed E-state index contributed by atoms with van der Waals surface area (Å²) in [5.74, 6) is -5.59. The van der Waals surface area contributed by atoms with Gasteiger partial charge < -0.3 is 50.0 Å². The SMILES string of the molecule is O=C(O)C1=CO[C@@H](O[C@@H]2O[C@H](CO)[C@@H](O)[C@H](O)[C@H]2O)C2C1C=C[C@@]2(O)C(=O)O. The molecule has 0 aromatic heterocycles. The highest BCUT2D eigenvalue weighted by Gasteiger charge is 2.59. The van der Waals surface area contributed by atoms with Crippen molar-refractivity contribution < 1.29 is 59.5 Å². The molecule has 0 radical (unpaired) electrons. The summed E-state index contributed by atoms with van der Waals surface area (Å²) in [6.07, 6.45) is -6.78. The quantitative estimate of drug-likeness (QED) is 0.226. The van der Waals surface area contributed by atoms with Crippen LogP contribution in [0.3, 0.4) is 0 Å². The molecule has 12 heteroatoms. The minimum absolute atomic E-state index is 0.313.